The van der Waals surface area contributed by atoms with Gasteiger partial charge in [0, 0.05) is 13.5 Å². The molecule has 0 spiro atoms. The first-order valence-corrected chi connectivity index (χ1v) is 3.78. The Hall–Kier alpha value is -0.160. The summed E-state index contributed by atoms with van der Waals surface area (Å²) in [6, 6.07) is -0.0530. The van der Waals surface area contributed by atoms with Crippen molar-refractivity contribution in [2.24, 2.45) is 5.73 Å². The highest BCUT2D eigenvalue weighted by atomic mass is 16.5. The van der Waals surface area contributed by atoms with Gasteiger partial charge in [0.1, 0.15) is 0 Å². The van der Waals surface area contributed by atoms with Gasteiger partial charge in [-0.05, 0) is 0 Å². The van der Waals surface area contributed by atoms with Gasteiger partial charge < -0.3 is 20.3 Å². The maximum Gasteiger partial charge on any atom is 0.0831 e. The zero-order valence-electron chi connectivity index (χ0n) is 6.69. The van der Waals surface area contributed by atoms with Crippen molar-refractivity contribution in [2.45, 2.75) is 24.7 Å². The predicted octanol–water partition coefficient (Wildman–Crippen LogP) is -0.890. The van der Waals surface area contributed by atoms with Crippen molar-refractivity contribution in [2.75, 3.05) is 20.3 Å². The van der Waals surface area contributed by atoms with Gasteiger partial charge in [-0.1, -0.05) is 0 Å². The van der Waals surface area contributed by atoms with Crippen molar-refractivity contribution < 1.29 is 14.6 Å². The molecule has 11 heavy (non-hydrogen) atoms. The monoisotopic (exact) mass is 161 g/mol. The molecule has 1 aliphatic heterocycles. The van der Waals surface area contributed by atoms with Gasteiger partial charge in [0.15, 0.2) is 0 Å². The Bertz CT molecular complexity index is 120. The molecule has 1 heterocycles. The van der Waals surface area contributed by atoms with Crippen molar-refractivity contribution in [1.29, 1.82) is 0 Å². The van der Waals surface area contributed by atoms with Crippen LogP contribution in [-0.2, 0) is 9.47 Å². The maximum atomic E-state index is 8.77. The number of nitrogens with two attached hydrogens (primary N) is 1. The molecule has 0 bridgehead atoms. The first kappa shape index (κ1) is 8.93. The molecule has 1 saturated heterocycles. The Labute approximate surface area is 66.3 Å². The van der Waals surface area contributed by atoms with E-state index in [1.54, 1.807) is 7.11 Å². The van der Waals surface area contributed by atoms with Crippen LogP contribution in [-0.4, -0.2) is 43.7 Å². The summed E-state index contributed by atoms with van der Waals surface area (Å²) in [7, 11) is 1.63. The lowest BCUT2D eigenvalue weighted by Crippen LogP contribution is -2.48. The van der Waals surface area contributed by atoms with Crippen LogP contribution in [0.15, 0.2) is 0 Å². The maximum absolute atomic E-state index is 8.77. The predicted molar refractivity (Wildman–Crippen MR) is 40.2 cm³/mol. The molecule has 66 valence electrons. The van der Waals surface area contributed by atoms with Gasteiger partial charge in [0.05, 0.1) is 31.5 Å². The van der Waals surface area contributed by atoms with Crippen molar-refractivity contribution in [3.63, 3.8) is 0 Å². The van der Waals surface area contributed by atoms with Crippen LogP contribution in [0.1, 0.15) is 6.42 Å². The third kappa shape index (κ3) is 2.13. The van der Waals surface area contributed by atoms with E-state index in [4.69, 9.17) is 20.3 Å². The molecule has 4 nitrogen and oxygen atoms in total. The second-order valence-electron chi connectivity index (χ2n) is 2.81. The molecule has 0 aromatic carbocycles. The molecule has 4 heteroatoms. The number of methoxy groups -OCH3 is 1. The zero-order valence-corrected chi connectivity index (χ0v) is 6.69. The first-order valence-electron chi connectivity index (χ1n) is 3.78. The zero-order chi connectivity index (χ0) is 8.27. The number of aliphatic hydroxyl groups excluding tert-OH is 1. The van der Waals surface area contributed by atoms with Gasteiger partial charge in [0.2, 0.25) is 0 Å². The smallest absolute Gasteiger partial charge is 0.0831 e. The van der Waals surface area contributed by atoms with Crippen LogP contribution in [0.4, 0.5) is 0 Å². The third-order valence-corrected chi connectivity index (χ3v) is 2.00. The van der Waals surface area contributed by atoms with Crippen LogP contribution in [0.3, 0.4) is 0 Å². The third-order valence-electron chi connectivity index (χ3n) is 2.00. The average molecular weight is 161 g/mol. The Morgan fingerprint density at radius 1 is 1.73 bits per heavy atom. The summed E-state index contributed by atoms with van der Waals surface area (Å²) in [5.74, 6) is 0. The lowest BCUT2D eigenvalue weighted by Gasteiger charge is -2.32. The largest absolute Gasteiger partial charge is 0.394 e. The summed E-state index contributed by atoms with van der Waals surface area (Å²) in [4.78, 5) is 0. The summed E-state index contributed by atoms with van der Waals surface area (Å²) < 4.78 is 10.3. The van der Waals surface area contributed by atoms with Crippen LogP contribution in [0, 0.1) is 0 Å². The lowest BCUT2D eigenvalue weighted by molar-refractivity contribution is -0.0873. The standard InChI is InChI=1S/C7H15NO3/c1-10-7-2-5(3-9)11-4-6(7)8/h5-7,9H,2-4,8H2,1H3/t5-,6-,7+/m0/s1. The van der Waals surface area contributed by atoms with Gasteiger partial charge in [-0.15, -0.1) is 0 Å². The molecule has 1 rings (SSSR count). The number of ether oxygens (including phenoxy) is 2. The molecule has 0 aliphatic carbocycles. The van der Waals surface area contributed by atoms with E-state index in [1.165, 1.54) is 0 Å². The Morgan fingerprint density at radius 3 is 3.00 bits per heavy atom. The quantitative estimate of drug-likeness (QED) is 0.551. The molecular formula is C7H15NO3. The number of rotatable bonds is 2. The lowest BCUT2D eigenvalue weighted by atomic mass is 10.0. The van der Waals surface area contributed by atoms with E-state index in [0.717, 1.165) is 0 Å². The summed E-state index contributed by atoms with van der Waals surface area (Å²) in [5, 5.41) is 8.77. The topological polar surface area (TPSA) is 64.7 Å². The Balaban J connectivity index is 2.37. The molecule has 3 atom stereocenters. The molecule has 1 aliphatic rings. The van der Waals surface area contributed by atoms with E-state index in [9.17, 15) is 0 Å². The fourth-order valence-corrected chi connectivity index (χ4v) is 1.25. The minimum Gasteiger partial charge on any atom is -0.394 e. The fourth-order valence-electron chi connectivity index (χ4n) is 1.25. The van der Waals surface area contributed by atoms with E-state index in [-0.39, 0.29) is 24.9 Å². The average Bonchev–Trinajstić information content (AvgIpc) is 2.05. The highest BCUT2D eigenvalue weighted by Gasteiger charge is 2.27. The van der Waals surface area contributed by atoms with Gasteiger partial charge >= 0.3 is 0 Å². The molecule has 0 aromatic rings. The Kier molecular flexibility index (Phi) is 3.26. The van der Waals surface area contributed by atoms with Crippen molar-refractivity contribution >= 4 is 0 Å². The second kappa shape index (κ2) is 4.01. The Morgan fingerprint density at radius 2 is 2.45 bits per heavy atom. The summed E-state index contributed by atoms with van der Waals surface area (Å²) in [6.07, 6.45) is 0.620. The molecule has 0 aromatic heterocycles. The van der Waals surface area contributed by atoms with Gasteiger partial charge in [-0.3, -0.25) is 0 Å². The van der Waals surface area contributed by atoms with Gasteiger partial charge in [-0.2, -0.15) is 0 Å². The minimum atomic E-state index is -0.0975. The van der Waals surface area contributed by atoms with Crippen molar-refractivity contribution in [1.82, 2.24) is 0 Å². The summed E-state index contributed by atoms with van der Waals surface area (Å²) >= 11 is 0. The summed E-state index contributed by atoms with van der Waals surface area (Å²) in [5.41, 5.74) is 5.67. The van der Waals surface area contributed by atoms with Crippen LogP contribution in [0.2, 0.25) is 0 Å². The highest BCUT2D eigenvalue weighted by molar-refractivity contribution is 4.81. The second-order valence-corrected chi connectivity index (χ2v) is 2.81. The minimum absolute atomic E-state index is 0.0286. The number of aliphatic hydroxyl groups is 1. The fraction of sp³-hybridized carbons (Fsp3) is 1.00. The van der Waals surface area contributed by atoms with E-state index in [1.807, 2.05) is 0 Å². The van der Waals surface area contributed by atoms with Gasteiger partial charge in [0.25, 0.3) is 0 Å². The summed E-state index contributed by atoms with van der Waals surface area (Å²) in [6.45, 7) is 0.524. The number of hydrogen-bond donors (Lipinski definition) is 2. The normalized spacial score (nSPS) is 39.0. The van der Waals surface area contributed by atoms with Crippen LogP contribution in [0.5, 0.6) is 0 Å². The van der Waals surface area contributed by atoms with Crippen LogP contribution in [0.25, 0.3) is 0 Å². The number of hydrogen-bond acceptors (Lipinski definition) is 4. The van der Waals surface area contributed by atoms with Crippen LogP contribution < -0.4 is 5.73 Å². The molecule has 0 amide bonds. The molecule has 3 N–H and O–H groups in total. The highest BCUT2D eigenvalue weighted by Crippen LogP contribution is 2.14. The molecule has 0 unspecified atom stereocenters. The molecule has 1 fully saturated rings. The van der Waals surface area contributed by atoms with E-state index in [0.29, 0.717) is 13.0 Å². The first-order chi connectivity index (χ1) is 5.27. The van der Waals surface area contributed by atoms with Crippen LogP contribution >= 0.6 is 0 Å². The molecule has 0 radical (unpaired) electrons. The molecular weight excluding hydrogens is 146 g/mol. The van der Waals surface area contributed by atoms with E-state index >= 15 is 0 Å². The van der Waals surface area contributed by atoms with E-state index < -0.39 is 0 Å². The van der Waals surface area contributed by atoms with Crippen molar-refractivity contribution in [3.8, 4) is 0 Å². The van der Waals surface area contributed by atoms with Crippen molar-refractivity contribution in [3.05, 3.63) is 0 Å². The van der Waals surface area contributed by atoms with Gasteiger partial charge in [-0.25, -0.2) is 0 Å². The molecule has 0 saturated carbocycles. The van der Waals surface area contributed by atoms with E-state index in [2.05, 4.69) is 0 Å². The SMILES string of the molecule is CO[C@@H]1C[C@@H](CO)OC[C@@H]1N.